The van der Waals surface area contributed by atoms with Crippen LogP contribution in [0.15, 0.2) is 16.6 Å². The highest BCUT2D eigenvalue weighted by Crippen LogP contribution is 2.36. The summed E-state index contributed by atoms with van der Waals surface area (Å²) >= 11 is 3.77. The molecule has 1 aliphatic heterocycles. The van der Waals surface area contributed by atoms with Gasteiger partial charge in [0.15, 0.2) is 0 Å². The number of nitrogens with one attached hydrogen (secondary N) is 1. The Labute approximate surface area is 116 Å². The number of rotatable bonds is 3. The molecule has 0 aliphatic carbocycles. The van der Waals surface area contributed by atoms with Crippen LogP contribution in [0.2, 0.25) is 0 Å². The molecule has 2 aromatic rings. The Morgan fingerprint density at radius 2 is 2.22 bits per heavy atom. The Hall–Kier alpha value is -0.800. The van der Waals surface area contributed by atoms with Crippen LogP contribution in [0.1, 0.15) is 30.2 Å². The lowest BCUT2D eigenvalue weighted by Gasteiger charge is -2.18. The quantitative estimate of drug-likeness (QED) is 0.913. The second kappa shape index (κ2) is 4.71. The van der Waals surface area contributed by atoms with Gasteiger partial charge in [0.25, 0.3) is 0 Å². The molecule has 2 nitrogen and oxygen atoms in total. The first-order valence-corrected chi connectivity index (χ1v) is 7.52. The maximum Gasteiger partial charge on any atom is 0.0526 e. The molecule has 0 radical (unpaired) electrons. The minimum Gasteiger partial charge on any atom is -0.343 e. The average Bonchev–Trinajstić information content (AvgIpc) is 2.64. The molecular formula is C15H19BrN2. The van der Waals surface area contributed by atoms with Crippen molar-refractivity contribution in [3.63, 3.8) is 0 Å². The van der Waals surface area contributed by atoms with E-state index in [0.29, 0.717) is 0 Å². The van der Waals surface area contributed by atoms with E-state index in [-0.39, 0.29) is 0 Å². The van der Waals surface area contributed by atoms with Gasteiger partial charge in [-0.3, -0.25) is 0 Å². The van der Waals surface area contributed by atoms with E-state index in [1.807, 2.05) is 0 Å². The summed E-state index contributed by atoms with van der Waals surface area (Å²) in [5, 5.41) is 4.80. The van der Waals surface area contributed by atoms with E-state index >= 15 is 0 Å². The molecule has 1 aliphatic rings. The van der Waals surface area contributed by atoms with Crippen molar-refractivity contribution in [1.82, 2.24) is 9.88 Å². The standard InChI is InChI=1S/C15H19BrN2/c1-3-17-9-11-7-12-5-4-6-18-10(2)14(16)13(8-11)15(12)18/h7-8,17H,3-6,9H2,1-2H3. The predicted molar refractivity (Wildman–Crippen MR) is 80.1 cm³/mol. The zero-order valence-electron chi connectivity index (χ0n) is 11.0. The van der Waals surface area contributed by atoms with Crippen LogP contribution >= 0.6 is 15.9 Å². The largest absolute Gasteiger partial charge is 0.343 e. The number of hydrogen-bond acceptors (Lipinski definition) is 1. The van der Waals surface area contributed by atoms with Gasteiger partial charge in [0.1, 0.15) is 0 Å². The molecule has 0 spiro atoms. The van der Waals surface area contributed by atoms with Crippen molar-refractivity contribution in [3.8, 4) is 0 Å². The highest BCUT2D eigenvalue weighted by Gasteiger charge is 2.19. The molecule has 0 fully saturated rings. The molecule has 3 rings (SSSR count). The SMILES string of the molecule is CCNCc1cc2c3c(c1)c(Br)c(C)n3CCC2. The number of halogens is 1. The van der Waals surface area contributed by atoms with Gasteiger partial charge in [-0.25, -0.2) is 0 Å². The number of hydrogen-bond donors (Lipinski definition) is 1. The number of nitrogens with zero attached hydrogens (tertiary/aromatic N) is 1. The normalized spacial score (nSPS) is 14.4. The minimum absolute atomic E-state index is 0.968. The molecule has 18 heavy (non-hydrogen) atoms. The third-order valence-electron chi connectivity index (χ3n) is 3.88. The third kappa shape index (κ3) is 1.81. The molecule has 1 aromatic carbocycles. The first-order chi connectivity index (χ1) is 8.72. The summed E-state index contributed by atoms with van der Waals surface area (Å²) in [4.78, 5) is 0. The molecule has 0 saturated heterocycles. The first kappa shape index (κ1) is 12.2. The average molecular weight is 307 g/mol. The van der Waals surface area contributed by atoms with Crippen molar-refractivity contribution in [3.05, 3.63) is 33.4 Å². The van der Waals surface area contributed by atoms with E-state index in [1.165, 1.54) is 45.0 Å². The Morgan fingerprint density at radius 3 is 3.00 bits per heavy atom. The smallest absolute Gasteiger partial charge is 0.0526 e. The van der Waals surface area contributed by atoms with Crippen LogP contribution in [0.5, 0.6) is 0 Å². The van der Waals surface area contributed by atoms with Gasteiger partial charge >= 0.3 is 0 Å². The van der Waals surface area contributed by atoms with Crippen molar-refractivity contribution in [1.29, 1.82) is 0 Å². The van der Waals surface area contributed by atoms with Gasteiger partial charge in [-0.15, -0.1) is 0 Å². The zero-order valence-corrected chi connectivity index (χ0v) is 12.6. The molecule has 2 heterocycles. The maximum atomic E-state index is 3.77. The Balaban J connectivity index is 2.20. The Bertz CT molecular complexity index is 598. The fourth-order valence-corrected chi connectivity index (χ4v) is 3.51. The number of aryl methyl sites for hydroxylation is 2. The van der Waals surface area contributed by atoms with E-state index in [9.17, 15) is 0 Å². The van der Waals surface area contributed by atoms with E-state index < -0.39 is 0 Å². The van der Waals surface area contributed by atoms with E-state index in [2.05, 4.69) is 51.8 Å². The summed E-state index contributed by atoms with van der Waals surface area (Å²) < 4.78 is 3.74. The monoisotopic (exact) mass is 306 g/mol. The molecule has 0 bridgehead atoms. The van der Waals surface area contributed by atoms with E-state index in [4.69, 9.17) is 0 Å². The maximum absolute atomic E-state index is 3.77. The fourth-order valence-electron chi connectivity index (χ4n) is 3.00. The molecule has 0 atom stereocenters. The minimum atomic E-state index is 0.968. The van der Waals surface area contributed by atoms with Crippen LogP contribution < -0.4 is 5.32 Å². The van der Waals surface area contributed by atoms with Crippen LogP contribution in [-0.2, 0) is 19.5 Å². The van der Waals surface area contributed by atoms with Gasteiger partial charge in [-0.2, -0.15) is 0 Å². The highest BCUT2D eigenvalue weighted by molar-refractivity contribution is 9.10. The molecular weight excluding hydrogens is 288 g/mol. The van der Waals surface area contributed by atoms with Gasteiger partial charge in [0.05, 0.1) is 5.52 Å². The second-order valence-corrected chi connectivity index (χ2v) is 5.88. The van der Waals surface area contributed by atoms with Gasteiger partial charge < -0.3 is 9.88 Å². The van der Waals surface area contributed by atoms with Crippen molar-refractivity contribution < 1.29 is 0 Å². The molecule has 0 amide bonds. The van der Waals surface area contributed by atoms with E-state index in [1.54, 1.807) is 0 Å². The van der Waals surface area contributed by atoms with Crippen LogP contribution in [0, 0.1) is 6.92 Å². The Morgan fingerprint density at radius 1 is 1.39 bits per heavy atom. The van der Waals surface area contributed by atoms with Crippen molar-refractivity contribution in [2.24, 2.45) is 0 Å². The molecule has 1 aromatic heterocycles. The van der Waals surface area contributed by atoms with Crippen molar-refractivity contribution in [2.45, 2.75) is 39.8 Å². The third-order valence-corrected chi connectivity index (χ3v) is 4.89. The highest BCUT2D eigenvalue weighted by atomic mass is 79.9. The van der Waals surface area contributed by atoms with Gasteiger partial charge in [-0.05, 0) is 59.4 Å². The second-order valence-electron chi connectivity index (χ2n) is 5.09. The van der Waals surface area contributed by atoms with Gasteiger partial charge in [0.2, 0.25) is 0 Å². The molecule has 0 saturated carbocycles. The molecule has 1 N–H and O–H groups in total. The lowest BCUT2D eigenvalue weighted by Crippen LogP contribution is -2.13. The van der Waals surface area contributed by atoms with Crippen LogP contribution in [0.4, 0.5) is 0 Å². The Kier molecular flexibility index (Phi) is 3.20. The van der Waals surface area contributed by atoms with Crippen LogP contribution in [0.3, 0.4) is 0 Å². The zero-order chi connectivity index (χ0) is 12.7. The summed E-state index contributed by atoms with van der Waals surface area (Å²) in [5.74, 6) is 0. The first-order valence-electron chi connectivity index (χ1n) is 6.73. The van der Waals surface area contributed by atoms with Crippen LogP contribution in [0.25, 0.3) is 10.9 Å². The summed E-state index contributed by atoms with van der Waals surface area (Å²) in [6.07, 6.45) is 2.47. The van der Waals surface area contributed by atoms with Gasteiger partial charge in [-0.1, -0.05) is 13.0 Å². The molecule has 96 valence electrons. The topological polar surface area (TPSA) is 17.0 Å². The van der Waals surface area contributed by atoms with Crippen molar-refractivity contribution >= 4 is 26.8 Å². The number of aromatic nitrogens is 1. The summed E-state index contributed by atoms with van der Waals surface area (Å²) in [6, 6.07) is 4.72. The molecule has 3 heteroatoms. The lowest BCUT2D eigenvalue weighted by molar-refractivity contribution is 0.621. The summed E-state index contributed by atoms with van der Waals surface area (Å²) in [6.45, 7) is 7.51. The fraction of sp³-hybridized carbons (Fsp3) is 0.467. The number of benzene rings is 1. The van der Waals surface area contributed by atoms with Crippen molar-refractivity contribution in [2.75, 3.05) is 6.54 Å². The molecule has 0 unspecified atom stereocenters. The van der Waals surface area contributed by atoms with E-state index in [0.717, 1.165) is 19.6 Å². The predicted octanol–water partition coefficient (Wildman–Crippen LogP) is 3.77. The van der Waals surface area contributed by atoms with Gasteiger partial charge in [0, 0.05) is 28.6 Å². The summed E-state index contributed by atoms with van der Waals surface area (Å²) in [5.41, 5.74) is 5.73. The van der Waals surface area contributed by atoms with Crippen LogP contribution in [-0.4, -0.2) is 11.1 Å². The summed E-state index contributed by atoms with van der Waals surface area (Å²) in [7, 11) is 0. The lowest BCUT2D eigenvalue weighted by atomic mass is 10.0.